The van der Waals surface area contributed by atoms with Gasteiger partial charge in [0, 0.05) is 19.3 Å². The van der Waals surface area contributed by atoms with Crippen molar-refractivity contribution in [3.8, 4) is 0 Å². The third-order valence-corrected chi connectivity index (χ3v) is 4.00. The molecule has 0 saturated heterocycles. The maximum absolute atomic E-state index is 12.2. The number of sulfone groups is 1. The van der Waals surface area contributed by atoms with Crippen LogP contribution >= 0.6 is 0 Å². The number of amides is 1. The summed E-state index contributed by atoms with van der Waals surface area (Å²) < 4.78 is 22.2. The summed E-state index contributed by atoms with van der Waals surface area (Å²) in [6, 6.07) is 8.86. The predicted octanol–water partition coefficient (Wildman–Crippen LogP) is 0.797. The molecule has 0 saturated carbocycles. The zero-order valence-electron chi connectivity index (χ0n) is 12.0. The second kappa shape index (κ2) is 7.40. The summed E-state index contributed by atoms with van der Waals surface area (Å²) in [6.45, 7) is 2.91. The van der Waals surface area contributed by atoms with Crippen LogP contribution in [0, 0.1) is 0 Å². The van der Waals surface area contributed by atoms with Crippen LogP contribution in [-0.2, 0) is 21.2 Å². The van der Waals surface area contributed by atoms with Crippen molar-refractivity contribution in [2.24, 2.45) is 5.73 Å². The molecular formula is C14H22N2O3S. The standard InChI is InChI=1S/C14H22N2O3S/c1-3-16(11-12-7-5-4-6-8-12)14(17)13(15)9-10-20(2,18)19/h4-8,13H,3,9-11,15H2,1-2H3/t13-/m1/s1. The number of carbonyl (C=O) groups excluding carboxylic acids is 1. The molecule has 112 valence electrons. The molecule has 1 amide bonds. The quantitative estimate of drug-likeness (QED) is 0.807. The van der Waals surface area contributed by atoms with E-state index in [-0.39, 0.29) is 18.1 Å². The summed E-state index contributed by atoms with van der Waals surface area (Å²) in [4.78, 5) is 13.8. The van der Waals surface area contributed by atoms with Crippen molar-refractivity contribution >= 4 is 15.7 Å². The summed E-state index contributed by atoms with van der Waals surface area (Å²) in [5, 5.41) is 0. The van der Waals surface area contributed by atoms with E-state index in [4.69, 9.17) is 5.73 Å². The van der Waals surface area contributed by atoms with E-state index in [1.807, 2.05) is 37.3 Å². The molecule has 0 aliphatic heterocycles. The molecule has 1 rings (SSSR count). The average molecular weight is 298 g/mol. The van der Waals surface area contributed by atoms with Crippen molar-refractivity contribution < 1.29 is 13.2 Å². The molecule has 1 atom stereocenters. The highest BCUT2D eigenvalue weighted by molar-refractivity contribution is 7.90. The maximum Gasteiger partial charge on any atom is 0.239 e. The van der Waals surface area contributed by atoms with Gasteiger partial charge in [-0.2, -0.15) is 0 Å². The van der Waals surface area contributed by atoms with Crippen LogP contribution in [-0.4, -0.2) is 43.8 Å². The van der Waals surface area contributed by atoms with E-state index in [1.165, 1.54) is 0 Å². The highest BCUT2D eigenvalue weighted by atomic mass is 32.2. The minimum absolute atomic E-state index is 0.0667. The average Bonchev–Trinajstić information content (AvgIpc) is 2.41. The Kier molecular flexibility index (Phi) is 6.16. The molecule has 0 bridgehead atoms. The van der Waals surface area contributed by atoms with Crippen LogP contribution in [0.2, 0.25) is 0 Å². The molecule has 0 aliphatic rings. The fraction of sp³-hybridized carbons (Fsp3) is 0.500. The number of rotatable bonds is 7. The van der Waals surface area contributed by atoms with E-state index in [0.29, 0.717) is 13.1 Å². The highest BCUT2D eigenvalue weighted by Gasteiger charge is 2.21. The van der Waals surface area contributed by atoms with Crippen LogP contribution in [0.4, 0.5) is 0 Å². The van der Waals surface area contributed by atoms with E-state index in [2.05, 4.69) is 0 Å². The number of likely N-dealkylation sites (N-methyl/N-ethyl adjacent to an activating group) is 1. The lowest BCUT2D eigenvalue weighted by molar-refractivity contribution is -0.133. The maximum atomic E-state index is 12.2. The molecule has 0 aromatic heterocycles. The van der Waals surface area contributed by atoms with Gasteiger partial charge in [0.15, 0.2) is 0 Å². The van der Waals surface area contributed by atoms with E-state index in [9.17, 15) is 13.2 Å². The predicted molar refractivity (Wildman–Crippen MR) is 79.8 cm³/mol. The molecule has 1 aromatic rings. The lowest BCUT2D eigenvalue weighted by Gasteiger charge is -2.24. The molecule has 0 spiro atoms. The summed E-state index contributed by atoms with van der Waals surface area (Å²) in [6.07, 6.45) is 1.30. The molecule has 0 unspecified atom stereocenters. The molecule has 0 heterocycles. The summed E-state index contributed by atoms with van der Waals surface area (Å²) in [5.41, 5.74) is 6.82. The minimum atomic E-state index is -3.09. The van der Waals surface area contributed by atoms with Crippen molar-refractivity contribution in [2.75, 3.05) is 18.6 Å². The van der Waals surface area contributed by atoms with E-state index in [1.54, 1.807) is 4.90 Å². The zero-order valence-corrected chi connectivity index (χ0v) is 12.8. The van der Waals surface area contributed by atoms with Gasteiger partial charge in [0.05, 0.1) is 11.8 Å². The Morgan fingerprint density at radius 1 is 1.30 bits per heavy atom. The van der Waals surface area contributed by atoms with Gasteiger partial charge >= 0.3 is 0 Å². The molecule has 2 N–H and O–H groups in total. The SMILES string of the molecule is CCN(Cc1ccccc1)C(=O)[C@H](N)CCS(C)(=O)=O. The first-order valence-electron chi connectivity index (χ1n) is 6.59. The first kappa shape index (κ1) is 16.7. The van der Waals surface area contributed by atoms with Gasteiger partial charge in [-0.25, -0.2) is 8.42 Å². The van der Waals surface area contributed by atoms with Crippen LogP contribution < -0.4 is 5.73 Å². The molecule has 0 aliphatic carbocycles. The number of hydrogen-bond acceptors (Lipinski definition) is 4. The van der Waals surface area contributed by atoms with E-state index in [0.717, 1.165) is 11.8 Å². The molecule has 1 aromatic carbocycles. The van der Waals surface area contributed by atoms with Crippen molar-refractivity contribution in [1.29, 1.82) is 0 Å². The number of nitrogens with two attached hydrogens (primary N) is 1. The normalized spacial score (nSPS) is 12.9. The zero-order chi connectivity index (χ0) is 15.2. The van der Waals surface area contributed by atoms with Crippen LogP contribution in [0.15, 0.2) is 30.3 Å². The Bertz CT molecular complexity index is 529. The van der Waals surface area contributed by atoms with Gasteiger partial charge in [-0.05, 0) is 18.9 Å². The monoisotopic (exact) mass is 298 g/mol. The van der Waals surface area contributed by atoms with Gasteiger partial charge in [0.1, 0.15) is 9.84 Å². The second-order valence-electron chi connectivity index (χ2n) is 4.86. The van der Waals surface area contributed by atoms with Gasteiger partial charge in [-0.3, -0.25) is 4.79 Å². The lowest BCUT2D eigenvalue weighted by atomic mass is 10.1. The van der Waals surface area contributed by atoms with Crippen LogP contribution in [0.25, 0.3) is 0 Å². The molecule has 0 radical (unpaired) electrons. The molecule has 20 heavy (non-hydrogen) atoms. The van der Waals surface area contributed by atoms with Gasteiger partial charge in [-0.1, -0.05) is 30.3 Å². The van der Waals surface area contributed by atoms with Crippen LogP contribution in [0.3, 0.4) is 0 Å². The Hall–Kier alpha value is -1.40. The topological polar surface area (TPSA) is 80.5 Å². The molecule has 0 fully saturated rings. The third kappa shape index (κ3) is 5.71. The van der Waals surface area contributed by atoms with Gasteiger partial charge < -0.3 is 10.6 Å². The summed E-state index contributed by atoms with van der Waals surface area (Å²) in [5.74, 6) is -0.275. The summed E-state index contributed by atoms with van der Waals surface area (Å²) in [7, 11) is -3.09. The Morgan fingerprint density at radius 3 is 2.40 bits per heavy atom. The minimum Gasteiger partial charge on any atom is -0.337 e. The molecular weight excluding hydrogens is 276 g/mol. The fourth-order valence-corrected chi connectivity index (χ4v) is 2.53. The highest BCUT2D eigenvalue weighted by Crippen LogP contribution is 2.07. The van der Waals surface area contributed by atoms with E-state index < -0.39 is 15.9 Å². The first-order chi connectivity index (χ1) is 9.33. The number of hydrogen-bond donors (Lipinski definition) is 1. The van der Waals surface area contributed by atoms with Crippen molar-refractivity contribution in [3.63, 3.8) is 0 Å². The Morgan fingerprint density at radius 2 is 1.90 bits per heavy atom. The van der Waals surface area contributed by atoms with Crippen LogP contribution in [0.5, 0.6) is 0 Å². The number of benzene rings is 1. The first-order valence-corrected chi connectivity index (χ1v) is 8.65. The van der Waals surface area contributed by atoms with Gasteiger partial charge in [-0.15, -0.1) is 0 Å². The van der Waals surface area contributed by atoms with Gasteiger partial charge in [0.2, 0.25) is 5.91 Å². The number of nitrogens with zero attached hydrogens (tertiary/aromatic N) is 1. The van der Waals surface area contributed by atoms with Crippen molar-refractivity contribution in [1.82, 2.24) is 4.90 Å². The largest absolute Gasteiger partial charge is 0.337 e. The molecule has 6 heteroatoms. The van der Waals surface area contributed by atoms with Crippen LogP contribution in [0.1, 0.15) is 18.9 Å². The second-order valence-corrected chi connectivity index (χ2v) is 7.12. The summed E-state index contributed by atoms with van der Waals surface area (Å²) >= 11 is 0. The Balaban J connectivity index is 2.62. The Labute approximate surface area is 120 Å². The molecule has 5 nitrogen and oxygen atoms in total. The third-order valence-electron chi connectivity index (χ3n) is 3.03. The number of carbonyl (C=O) groups is 1. The lowest BCUT2D eigenvalue weighted by Crippen LogP contribution is -2.44. The fourth-order valence-electron chi connectivity index (χ4n) is 1.85. The van der Waals surface area contributed by atoms with Crippen molar-refractivity contribution in [2.45, 2.75) is 25.9 Å². The van der Waals surface area contributed by atoms with Crippen molar-refractivity contribution in [3.05, 3.63) is 35.9 Å². The smallest absolute Gasteiger partial charge is 0.239 e. The van der Waals surface area contributed by atoms with E-state index >= 15 is 0 Å². The van der Waals surface area contributed by atoms with Gasteiger partial charge in [0.25, 0.3) is 0 Å².